The number of hydrogen-bond acceptors (Lipinski definition) is 4. The monoisotopic (exact) mass is 238 g/mol. The summed E-state index contributed by atoms with van der Waals surface area (Å²) in [4.78, 5) is 23.0. The first kappa shape index (κ1) is 13.2. The Bertz CT molecular complexity index is 437. The SMILES string of the molecule is CCC(CC)NC(=O)Cn1nc(N)ccc1=O. The Kier molecular flexibility index (Phi) is 4.68. The molecule has 1 aromatic heterocycles. The number of anilines is 1. The van der Waals surface area contributed by atoms with Crippen molar-refractivity contribution in [2.75, 3.05) is 5.73 Å². The van der Waals surface area contributed by atoms with Crippen molar-refractivity contribution in [2.45, 2.75) is 39.3 Å². The van der Waals surface area contributed by atoms with E-state index in [-0.39, 0.29) is 29.9 Å². The van der Waals surface area contributed by atoms with Gasteiger partial charge in [0.2, 0.25) is 5.91 Å². The molecule has 0 radical (unpaired) electrons. The Hall–Kier alpha value is -1.85. The molecule has 94 valence electrons. The first-order chi connectivity index (χ1) is 8.06. The molecule has 3 N–H and O–H groups in total. The molecular formula is C11H18N4O2. The van der Waals surface area contributed by atoms with E-state index in [1.54, 1.807) is 0 Å². The number of aromatic nitrogens is 2. The third kappa shape index (κ3) is 3.90. The molecule has 0 bridgehead atoms. The van der Waals surface area contributed by atoms with E-state index in [9.17, 15) is 9.59 Å². The zero-order chi connectivity index (χ0) is 12.8. The number of nitrogens with two attached hydrogens (primary N) is 1. The van der Waals surface area contributed by atoms with Crippen molar-refractivity contribution >= 4 is 11.7 Å². The lowest BCUT2D eigenvalue weighted by Crippen LogP contribution is -2.39. The molecule has 0 aromatic carbocycles. The average Bonchev–Trinajstić information content (AvgIpc) is 2.31. The summed E-state index contributed by atoms with van der Waals surface area (Å²) in [6.07, 6.45) is 1.73. The van der Waals surface area contributed by atoms with Crippen molar-refractivity contribution in [3.63, 3.8) is 0 Å². The van der Waals surface area contributed by atoms with Crippen LogP contribution in [0.15, 0.2) is 16.9 Å². The maximum atomic E-state index is 11.7. The molecule has 17 heavy (non-hydrogen) atoms. The number of carbonyl (C=O) groups excluding carboxylic acids is 1. The summed E-state index contributed by atoms with van der Waals surface area (Å²) in [5, 5.41) is 6.62. The van der Waals surface area contributed by atoms with Crippen LogP contribution in [0.5, 0.6) is 0 Å². The predicted molar refractivity (Wildman–Crippen MR) is 65.4 cm³/mol. The fraction of sp³-hybridized carbons (Fsp3) is 0.545. The average molecular weight is 238 g/mol. The molecule has 0 fully saturated rings. The quantitative estimate of drug-likeness (QED) is 0.763. The minimum atomic E-state index is -0.334. The van der Waals surface area contributed by atoms with E-state index in [1.165, 1.54) is 12.1 Å². The van der Waals surface area contributed by atoms with Gasteiger partial charge in [-0.1, -0.05) is 13.8 Å². The van der Waals surface area contributed by atoms with Gasteiger partial charge in [0.25, 0.3) is 5.56 Å². The van der Waals surface area contributed by atoms with Crippen molar-refractivity contribution in [1.82, 2.24) is 15.1 Å². The number of nitrogens with one attached hydrogen (secondary N) is 1. The number of hydrogen-bond donors (Lipinski definition) is 2. The maximum Gasteiger partial charge on any atom is 0.267 e. The molecule has 0 aliphatic heterocycles. The first-order valence-electron chi connectivity index (χ1n) is 5.69. The van der Waals surface area contributed by atoms with Crippen molar-refractivity contribution in [3.8, 4) is 0 Å². The normalized spacial score (nSPS) is 10.5. The largest absolute Gasteiger partial charge is 0.382 e. The number of carbonyl (C=O) groups is 1. The summed E-state index contributed by atoms with van der Waals surface area (Å²) in [6, 6.07) is 2.85. The van der Waals surface area contributed by atoms with Gasteiger partial charge >= 0.3 is 0 Å². The summed E-state index contributed by atoms with van der Waals surface area (Å²) in [5.74, 6) is -0.00108. The van der Waals surface area contributed by atoms with Gasteiger partial charge in [-0.2, -0.15) is 5.10 Å². The summed E-state index contributed by atoms with van der Waals surface area (Å²) in [5.41, 5.74) is 5.12. The van der Waals surface area contributed by atoms with Crippen LogP contribution >= 0.6 is 0 Å². The van der Waals surface area contributed by atoms with Crippen LogP contribution in [0, 0.1) is 0 Å². The highest BCUT2D eigenvalue weighted by molar-refractivity contribution is 5.75. The third-order valence-electron chi connectivity index (χ3n) is 2.53. The fourth-order valence-corrected chi connectivity index (χ4v) is 1.48. The Labute approximate surface area is 99.8 Å². The van der Waals surface area contributed by atoms with Crippen LogP contribution in [0.4, 0.5) is 5.82 Å². The highest BCUT2D eigenvalue weighted by atomic mass is 16.2. The van der Waals surface area contributed by atoms with E-state index in [1.807, 2.05) is 13.8 Å². The van der Waals surface area contributed by atoms with Crippen molar-refractivity contribution in [2.24, 2.45) is 0 Å². The van der Waals surface area contributed by atoms with Crippen LogP contribution in [0.25, 0.3) is 0 Å². The topological polar surface area (TPSA) is 90.0 Å². The van der Waals surface area contributed by atoms with Crippen LogP contribution in [0.1, 0.15) is 26.7 Å². The van der Waals surface area contributed by atoms with E-state index in [0.717, 1.165) is 17.5 Å². The highest BCUT2D eigenvalue weighted by Gasteiger charge is 2.10. The molecule has 1 aromatic rings. The molecule has 1 amide bonds. The molecule has 6 heteroatoms. The van der Waals surface area contributed by atoms with Gasteiger partial charge in [0.05, 0.1) is 0 Å². The number of rotatable bonds is 5. The number of amides is 1. The second-order valence-electron chi connectivity index (χ2n) is 3.84. The van der Waals surface area contributed by atoms with Crippen LogP contribution < -0.4 is 16.6 Å². The molecule has 0 saturated carbocycles. The van der Waals surface area contributed by atoms with Gasteiger partial charge in [0.15, 0.2) is 0 Å². The number of nitrogen functional groups attached to an aromatic ring is 1. The van der Waals surface area contributed by atoms with Gasteiger partial charge < -0.3 is 11.1 Å². The number of nitrogens with zero attached hydrogens (tertiary/aromatic N) is 2. The minimum Gasteiger partial charge on any atom is -0.382 e. The Morgan fingerprint density at radius 1 is 1.47 bits per heavy atom. The summed E-state index contributed by atoms with van der Waals surface area (Å²) in [6.45, 7) is 3.90. The van der Waals surface area contributed by atoms with E-state index >= 15 is 0 Å². The van der Waals surface area contributed by atoms with Crippen molar-refractivity contribution < 1.29 is 4.79 Å². The molecule has 1 heterocycles. The van der Waals surface area contributed by atoms with Gasteiger partial charge in [0, 0.05) is 12.1 Å². The summed E-state index contributed by atoms with van der Waals surface area (Å²) >= 11 is 0. The highest BCUT2D eigenvalue weighted by Crippen LogP contribution is 1.96. The van der Waals surface area contributed by atoms with Gasteiger partial charge in [-0.15, -0.1) is 0 Å². The summed E-state index contributed by atoms with van der Waals surface area (Å²) in [7, 11) is 0. The second-order valence-corrected chi connectivity index (χ2v) is 3.84. The lowest BCUT2D eigenvalue weighted by molar-refractivity contribution is -0.122. The minimum absolute atomic E-state index is 0.0969. The lowest BCUT2D eigenvalue weighted by atomic mass is 10.2. The van der Waals surface area contributed by atoms with Gasteiger partial charge in [0.1, 0.15) is 12.4 Å². The van der Waals surface area contributed by atoms with E-state index < -0.39 is 0 Å². The van der Waals surface area contributed by atoms with E-state index in [0.29, 0.717) is 0 Å². The lowest BCUT2D eigenvalue weighted by Gasteiger charge is -2.14. The predicted octanol–water partition coefficient (Wildman–Crippen LogP) is 0.130. The van der Waals surface area contributed by atoms with Crippen LogP contribution in [0.3, 0.4) is 0 Å². The van der Waals surface area contributed by atoms with Gasteiger partial charge in [-0.25, -0.2) is 4.68 Å². The molecule has 0 saturated heterocycles. The Morgan fingerprint density at radius 3 is 2.71 bits per heavy atom. The molecule has 0 aliphatic rings. The molecule has 1 rings (SSSR count). The molecule has 0 unspecified atom stereocenters. The van der Waals surface area contributed by atoms with Gasteiger partial charge in [-0.05, 0) is 18.9 Å². The zero-order valence-electron chi connectivity index (χ0n) is 10.1. The Morgan fingerprint density at radius 2 is 2.12 bits per heavy atom. The van der Waals surface area contributed by atoms with Crippen LogP contribution in [-0.4, -0.2) is 21.7 Å². The molecule has 6 nitrogen and oxygen atoms in total. The van der Waals surface area contributed by atoms with Crippen molar-refractivity contribution in [1.29, 1.82) is 0 Å². The third-order valence-corrected chi connectivity index (χ3v) is 2.53. The second kappa shape index (κ2) is 6.03. The molecule has 0 spiro atoms. The maximum absolute atomic E-state index is 11.7. The zero-order valence-corrected chi connectivity index (χ0v) is 10.1. The van der Waals surface area contributed by atoms with E-state index in [4.69, 9.17) is 5.73 Å². The van der Waals surface area contributed by atoms with Crippen LogP contribution in [-0.2, 0) is 11.3 Å². The standard InChI is InChI=1S/C11H18N4O2/c1-3-8(4-2)13-10(16)7-15-11(17)6-5-9(12)14-15/h5-6,8H,3-4,7H2,1-2H3,(H2,12,14)(H,13,16). The van der Waals surface area contributed by atoms with Crippen molar-refractivity contribution in [3.05, 3.63) is 22.5 Å². The van der Waals surface area contributed by atoms with E-state index in [2.05, 4.69) is 10.4 Å². The smallest absolute Gasteiger partial charge is 0.267 e. The molecular weight excluding hydrogens is 220 g/mol. The van der Waals surface area contributed by atoms with Gasteiger partial charge in [-0.3, -0.25) is 9.59 Å². The summed E-state index contributed by atoms with van der Waals surface area (Å²) < 4.78 is 1.06. The molecule has 0 atom stereocenters. The Balaban J connectivity index is 2.68. The fourth-order valence-electron chi connectivity index (χ4n) is 1.48. The first-order valence-corrected chi connectivity index (χ1v) is 5.69. The van der Waals surface area contributed by atoms with Crippen LogP contribution in [0.2, 0.25) is 0 Å². The molecule has 0 aliphatic carbocycles.